The first-order valence-electron chi connectivity index (χ1n) is 14.0. The number of aryl methyl sites for hydroxylation is 1. The van der Waals surface area contributed by atoms with Crippen LogP contribution in [0.15, 0.2) is 90.2 Å². The zero-order valence-electron chi connectivity index (χ0n) is 24.5. The van der Waals surface area contributed by atoms with Crippen molar-refractivity contribution >= 4 is 68.1 Å². The van der Waals surface area contributed by atoms with E-state index in [0.29, 0.717) is 57.5 Å². The number of rotatable bonds is 8. The molecule has 45 heavy (non-hydrogen) atoms. The van der Waals surface area contributed by atoms with Crippen LogP contribution in [0.1, 0.15) is 45.4 Å². The van der Waals surface area contributed by atoms with Crippen molar-refractivity contribution in [2.45, 2.75) is 26.2 Å². The summed E-state index contributed by atoms with van der Waals surface area (Å²) >= 11 is 2.26. The number of ketones is 1. The summed E-state index contributed by atoms with van der Waals surface area (Å²) in [7, 11) is 1.31. The van der Waals surface area contributed by atoms with Gasteiger partial charge in [-0.1, -0.05) is 49.4 Å². The number of carbonyl (C=O) groups is 2. The highest BCUT2D eigenvalue weighted by molar-refractivity contribution is 14.2. The molecule has 0 bridgehead atoms. The molecule has 3 heterocycles. The number of imidazole rings is 1. The molecule has 228 valence electrons. The van der Waals surface area contributed by atoms with Crippen molar-refractivity contribution < 1.29 is 14.3 Å². The summed E-state index contributed by atoms with van der Waals surface area (Å²) in [6.45, 7) is 2.05. The summed E-state index contributed by atoms with van der Waals surface area (Å²) in [5, 5.41) is 0.445. The number of esters is 1. The van der Waals surface area contributed by atoms with Gasteiger partial charge in [-0.25, -0.2) is 24.7 Å². The van der Waals surface area contributed by atoms with Crippen LogP contribution in [0.4, 0.5) is 5.82 Å². The standard InChI is InChI=1S/C27H24N2O4.C5H5IN5P/c1-3-8-24-28-22-12-7-9-20(25(22)26(31)29(24)21-10-5-4-6-11-21)17-23(30)18-13-15-19(16-14-18)27(32)33-2;6-12-11-2-10-3-4(7)8-1-9-5(3)11/h4-7,9-16H,3,8,17H2,1-2H3;1-2,12H,(H2,7,8,9). The second-order valence-electron chi connectivity index (χ2n) is 9.86. The predicted molar refractivity (Wildman–Crippen MR) is 185 cm³/mol. The molecule has 0 aliphatic rings. The highest BCUT2D eigenvalue weighted by Gasteiger charge is 2.18. The molecule has 3 aromatic heterocycles. The lowest BCUT2D eigenvalue weighted by Crippen LogP contribution is -2.25. The van der Waals surface area contributed by atoms with Crippen molar-refractivity contribution in [2.24, 2.45) is 0 Å². The molecule has 0 aliphatic heterocycles. The second kappa shape index (κ2) is 14.5. The highest BCUT2D eigenvalue weighted by atomic mass is 127. The average molecular weight is 734 g/mol. The Morgan fingerprint density at radius 1 is 0.956 bits per heavy atom. The molecule has 0 saturated carbocycles. The molecule has 0 radical (unpaired) electrons. The Morgan fingerprint density at radius 2 is 1.69 bits per heavy atom. The third kappa shape index (κ3) is 6.91. The number of anilines is 1. The van der Waals surface area contributed by atoms with Crippen molar-refractivity contribution in [3.63, 3.8) is 0 Å². The van der Waals surface area contributed by atoms with E-state index in [4.69, 9.17) is 15.5 Å². The molecule has 6 rings (SSSR count). The number of nitrogen functional groups attached to an aromatic ring is 1. The van der Waals surface area contributed by atoms with E-state index in [1.54, 1.807) is 41.2 Å². The van der Waals surface area contributed by atoms with E-state index in [2.05, 4.69) is 37.0 Å². The summed E-state index contributed by atoms with van der Waals surface area (Å²) < 4.78 is 8.28. The zero-order valence-corrected chi connectivity index (χ0v) is 27.6. The number of hydrogen-bond donors (Lipinski definition) is 1. The maximum Gasteiger partial charge on any atom is 0.337 e. The minimum absolute atomic E-state index is 0.0494. The fraction of sp³-hybridized carbons (Fsp3) is 0.156. The lowest BCUT2D eigenvalue weighted by molar-refractivity contribution is 0.0600. The third-order valence-electron chi connectivity index (χ3n) is 6.97. The van der Waals surface area contributed by atoms with Crippen LogP contribution in [0.25, 0.3) is 27.8 Å². The molecule has 11 nitrogen and oxygen atoms in total. The summed E-state index contributed by atoms with van der Waals surface area (Å²) in [6, 6.07) is 21.2. The topological polar surface area (TPSA) is 148 Å². The first-order valence-corrected chi connectivity index (χ1v) is 18.0. The molecule has 1 unspecified atom stereocenters. The largest absolute Gasteiger partial charge is 0.465 e. The SMILES string of the molecule is CCCc1nc2cccc(CC(=O)c3ccc(C(=O)OC)cc3)c2c(=O)n1-c1ccccc1.Nc1ncnc2c1ncn2PI. The predicted octanol–water partition coefficient (Wildman–Crippen LogP) is 5.75. The number of ether oxygens (including phenoxy) is 1. The Morgan fingerprint density at radius 3 is 2.38 bits per heavy atom. The molecule has 0 fully saturated rings. The van der Waals surface area contributed by atoms with Gasteiger partial charge in [0.25, 0.3) is 5.56 Å². The van der Waals surface area contributed by atoms with E-state index >= 15 is 0 Å². The molecule has 6 aromatic rings. The second-order valence-corrected chi connectivity index (χ2v) is 12.0. The van der Waals surface area contributed by atoms with E-state index in [0.717, 1.165) is 17.8 Å². The van der Waals surface area contributed by atoms with Gasteiger partial charge in [0.2, 0.25) is 0 Å². The number of benzene rings is 3. The number of aromatic nitrogens is 6. The summed E-state index contributed by atoms with van der Waals surface area (Å²) in [5.41, 5.74) is 9.69. The number of carbonyl (C=O) groups excluding carboxylic acids is 2. The number of hydrogen-bond acceptors (Lipinski definition) is 9. The van der Waals surface area contributed by atoms with E-state index < -0.39 is 5.97 Å². The van der Waals surface area contributed by atoms with Crippen molar-refractivity contribution in [1.29, 1.82) is 0 Å². The van der Waals surface area contributed by atoms with Gasteiger partial charge in [0.05, 0.1) is 35.6 Å². The van der Waals surface area contributed by atoms with Gasteiger partial charge in [0, 0.05) is 18.4 Å². The maximum atomic E-state index is 13.7. The molecule has 0 amide bonds. The van der Waals surface area contributed by atoms with Crippen LogP contribution in [-0.2, 0) is 17.6 Å². The number of nitrogens with two attached hydrogens (primary N) is 1. The molecular weight excluding hydrogens is 704 g/mol. The Kier molecular flexibility index (Phi) is 10.3. The Balaban J connectivity index is 0.000000277. The van der Waals surface area contributed by atoms with Gasteiger partial charge in [-0.2, -0.15) is 0 Å². The van der Waals surface area contributed by atoms with Gasteiger partial charge >= 0.3 is 5.97 Å². The van der Waals surface area contributed by atoms with Gasteiger partial charge in [-0.15, -0.1) is 0 Å². The highest BCUT2D eigenvalue weighted by Crippen LogP contribution is 2.28. The van der Waals surface area contributed by atoms with Crippen LogP contribution in [0.2, 0.25) is 0 Å². The molecule has 0 saturated heterocycles. The van der Waals surface area contributed by atoms with E-state index in [1.165, 1.54) is 13.4 Å². The van der Waals surface area contributed by atoms with Crippen LogP contribution in [0.5, 0.6) is 0 Å². The molecule has 1 atom stereocenters. The number of methoxy groups -OCH3 is 1. The van der Waals surface area contributed by atoms with Gasteiger partial charge in [-0.3, -0.25) is 18.5 Å². The van der Waals surface area contributed by atoms with Gasteiger partial charge in [-0.05, 0) is 64.4 Å². The third-order valence-corrected chi connectivity index (χ3v) is 9.04. The van der Waals surface area contributed by atoms with Crippen LogP contribution < -0.4 is 11.3 Å². The van der Waals surface area contributed by atoms with Crippen LogP contribution in [-0.4, -0.2) is 47.7 Å². The maximum absolute atomic E-state index is 13.7. The monoisotopic (exact) mass is 733 g/mol. The van der Waals surface area contributed by atoms with E-state index in [1.807, 2.05) is 53.7 Å². The van der Waals surface area contributed by atoms with Crippen molar-refractivity contribution in [2.75, 3.05) is 12.8 Å². The van der Waals surface area contributed by atoms with Crippen LogP contribution >= 0.6 is 28.4 Å². The average Bonchev–Trinajstić information content (AvgIpc) is 3.50. The number of para-hydroxylation sites is 1. The van der Waals surface area contributed by atoms with Crippen molar-refractivity contribution in [3.8, 4) is 5.69 Å². The van der Waals surface area contributed by atoms with Crippen LogP contribution in [0.3, 0.4) is 0 Å². The first kappa shape index (κ1) is 31.9. The van der Waals surface area contributed by atoms with E-state index in [9.17, 15) is 14.4 Å². The molecule has 0 aliphatic carbocycles. The first-order chi connectivity index (χ1) is 21.9. The Labute approximate surface area is 273 Å². The lowest BCUT2D eigenvalue weighted by atomic mass is 9.99. The number of halogens is 1. The zero-order chi connectivity index (χ0) is 31.9. The van der Waals surface area contributed by atoms with Crippen LogP contribution in [0, 0.1) is 0 Å². The number of nitrogens with zero attached hydrogens (tertiary/aromatic N) is 6. The molecule has 2 N–H and O–H groups in total. The van der Waals surface area contributed by atoms with Gasteiger partial charge < -0.3 is 10.5 Å². The number of fused-ring (bicyclic) bond motifs is 2. The molecule has 0 spiro atoms. The lowest BCUT2D eigenvalue weighted by Gasteiger charge is -2.15. The number of Topliss-reactive ketones (excluding diaryl/α,β-unsaturated/α-hetero) is 1. The summed E-state index contributed by atoms with van der Waals surface area (Å²) in [5.74, 6) is 0.525. The Bertz CT molecular complexity index is 2050. The van der Waals surface area contributed by atoms with Gasteiger partial charge in [0.1, 0.15) is 18.5 Å². The Hall–Kier alpha value is -4.55. The smallest absolute Gasteiger partial charge is 0.337 e. The fourth-order valence-corrected chi connectivity index (χ4v) is 6.23. The minimum Gasteiger partial charge on any atom is -0.465 e. The minimum atomic E-state index is -0.460. The quantitative estimate of drug-likeness (QED) is 0.0894. The van der Waals surface area contributed by atoms with E-state index in [-0.39, 0.29) is 17.8 Å². The fourth-order valence-electron chi connectivity index (χ4n) is 4.83. The molecular formula is C32H29IN7O4P. The molecule has 13 heteroatoms. The van der Waals surface area contributed by atoms with Gasteiger partial charge in [0.15, 0.2) is 22.8 Å². The summed E-state index contributed by atoms with van der Waals surface area (Å²) in [4.78, 5) is 55.1. The molecule has 3 aromatic carbocycles. The summed E-state index contributed by atoms with van der Waals surface area (Å²) in [6.07, 6.45) is 5.32. The normalized spacial score (nSPS) is 11.1. The van der Waals surface area contributed by atoms with Crippen molar-refractivity contribution in [1.82, 2.24) is 28.8 Å². The van der Waals surface area contributed by atoms with Crippen molar-refractivity contribution in [3.05, 3.63) is 118 Å².